The summed E-state index contributed by atoms with van der Waals surface area (Å²) in [4.78, 5) is 17.2. The van der Waals surface area contributed by atoms with Gasteiger partial charge in [0.15, 0.2) is 5.84 Å². The molecule has 0 spiro atoms. The average molecular weight is 454 g/mol. The van der Waals surface area contributed by atoms with Crippen molar-refractivity contribution in [1.29, 1.82) is 5.41 Å². The van der Waals surface area contributed by atoms with Gasteiger partial charge in [-0.15, -0.1) is 0 Å². The molecule has 3 N–H and O–H groups in total. The third-order valence-electron chi connectivity index (χ3n) is 5.56. The minimum atomic E-state index is -0.674. The molecule has 5 rings (SSSR count). The number of esters is 1. The Morgan fingerprint density at radius 1 is 1.12 bits per heavy atom. The Balaban J connectivity index is 1.74. The van der Waals surface area contributed by atoms with Crippen molar-refractivity contribution in [3.63, 3.8) is 0 Å². The Bertz CT molecular complexity index is 1320. The van der Waals surface area contributed by atoms with E-state index >= 15 is 0 Å². The molecule has 3 aromatic carbocycles. The van der Waals surface area contributed by atoms with Crippen molar-refractivity contribution in [2.24, 2.45) is 4.99 Å². The summed E-state index contributed by atoms with van der Waals surface area (Å²) in [5.74, 6) is -0.617. The number of carbonyl (C=O) groups is 1. The van der Waals surface area contributed by atoms with E-state index in [1.54, 1.807) is 19.1 Å². The van der Waals surface area contributed by atoms with Crippen molar-refractivity contribution >= 4 is 23.3 Å². The Morgan fingerprint density at radius 2 is 1.82 bits per heavy atom. The molecule has 8 nitrogen and oxygen atoms in total. The lowest BCUT2D eigenvalue weighted by molar-refractivity contribution is -0.135. The number of aliphatic imine (C=N–C) groups is 1. The molecule has 8 heteroatoms. The Kier molecular flexibility index (Phi) is 5.47. The monoisotopic (exact) mass is 454 g/mol. The van der Waals surface area contributed by atoms with Crippen LogP contribution in [0.1, 0.15) is 24.0 Å². The molecule has 1 unspecified atom stereocenters. The van der Waals surface area contributed by atoms with Gasteiger partial charge in [0, 0.05) is 17.5 Å². The molecule has 0 aliphatic carbocycles. The number of nitrogens with one attached hydrogen (secondary N) is 2. The third-order valence-corrected chi connectivity index (χ3v) is 5.56. The number of ether oxygens (including phenoxy) is 2. The van der Waals surface area contributed by atoms with Crippen LogP contribution in [0.25, 0.3) is 0 Å². The second-order valence-electron chi connectivity index (χ2n) is 7.70. The number of benzene rings is 3. The predicted octanol–water partition coefficient (Wildman–Crippen LogP) is 4.09. The van der Waals surface area contributed by atoms with E-state index in [9.17, 15) is 15.3 Å². The van der Waals surface area contributed by atoms with Gasteiger partial charge in [0.05, 0.1) is 17.9 Å². The largest absolute Gasteiger partial charge is 0.508 e. The number of anilines is 1. The van der Waals surface area contributed by atoms with Crippen LogP contribution in [0.3, 0.4) is 0 Å². The number of hydrogen-bond donors (Lipinski definition) is 3. The van der Waals surface area contributed by atoms with Gasteiger partial charge in [-0.2, -0.15) is 4.99 Å². The summed E-state index contributed by atoms with van der Waals surface area (Å²) < 4.78 is 11.3. The summed E-state index contributed by atoms with van der Waals surface area (Å²) in [6, 6.07) is 23.8. The molecule has 0 aromatic heterocycles. The number of nitrogens with zero attached hydrogens (tertiary/aromatic N) is 2. The number of hydrazine groups is 1. The lowest BCUT2D eigenvalue weighted by Crippen LogP contribution is -2.49. The first-order valence-electron chi connectivity index (χ1n) is 10.8. The molecule has 2 aliphatic rings. The van der Waals surface area contributed by atoms with Crippen LogP contribution in [0.4, 0.5) is 5.69 Å². The summed E-state index contributed by atoms with van der Waals surface area (Å²) >= 11 is 0. The summed E-state index contributed by atoms with van der Waals surface area (Å²) in [6.07, 6.45) is 0. The van der Waals surface area contributed by atoms with Crippen molar-refractivity contribution in [3.8, 4) is 11.5 Å². The highest BCUT2D eigenvalue weighted by atomic mass is 16.5. The highest BCUT2D eigenvalue weighted by molar-refractivity contribution is 6.37. The van der Waals surface area contributed by atoms with E-state index in [2.05, 4.69) is 10.4 Å². The van der Waals surface area contributed by atoms with Crippen LogP contribution in [0.15, 0.2) is 95.3 Å². The Labute approximate surface area is 196 Å². The zero-order valence-electron chi connectivity index (χ0n) is 18.4. The molecule has 3 aromatic rings. The summed E-state index contributed by atoms with van der Waals surface area (Å²) in [7, 11) is 0. The van der Waals surface area contributed by atoms with Gasteiger partial charge in [-0.25, -0.2) is 9.80 Å². The van der Waals surface area contributed by atoms with E-state index < -0.39 is 11.9 Å². The summed E-state index contributed by atoms with van der Waals surface area (Å²) in [5, 5.41) is 20.8. The second kappa shape index (κ2) is 8.74. The molecule has 2 aliphatic heterocycles. The summed E-state index contributed by atoms with van der Waals surface area (Å²) in [6.45, 7) is 1.87. The fraction of sp³-hybridized carbons (Fsp3) is 0.115. The predicted molar refractivity (Wildman–Crippen MR) is 128 cm³/mol. The second-order valence-corrected chi connectivity index (χ2v) is 7.70. The van der Waals surface area contributed by atoms with E-state index in [1.165, 1.54) is 11.1 Å². The first kappa shape index (κ1) is 21.3. The average Bonchev–Trinajstić information content (AvgIpc) is 3.00. The molecule has 0 bridgehead atoms. The molecule has 1 atom stereocenters. The standard InChI is InChI=1S/C26H22N4O4/c1-2-33-26(32)24-28-25-22(23(27)30(29-24)17-11-7-4-8-12-17)21(16-9-5-3-6-10-16)19-14-13-18(31)15-20(19)34-25/h3-15,21,27,31H,2H2,1H3,(H,28,29). The number of phenolic OH excluding ortho intramolecular Hbond substituents is 1. The van der Waals surface area contributed by atoms with Crippen molar-refractivity contribution in [1.82, 2.24) is 5.43 Å². The van der Waals surface area contributed by atoms with Crippen molar-refractivity contribution in [3.05, 3.63) is 101 Å². The molecule has 0 radical (unpaired) electrons. The smallest absolute Gasteiger partial charge is 0.375 e. The topological polar surface area (TPSA) is 107 Å². The molecule has 0 saturated heterocycles. The van der Waals surface area contributed by atoms with Crippen LogP contribution >= 0.6 is 0 Å². The van der Waals surface area contributed by atoms with Crippen molar-refractivity contribution in [2.45, 2.75) is 12.8 Å². The highest BCUT2D eigenvalue weighted by Crippen LogP contribution is 2.46. The minimum absolute atomic E-state index is 0.0388. The van der Waals surface area contributed by atoms with E-state index in [4.69, 9.17) is 9.47 Å². The maximum absolute atomic E-state index is 12.7. The molecule has 0 fully saturated rings. The van der Waals surface area contributed by atoms with Crippen molar-refractivity contribution in [2.75, 3.05) is 11.6 Å². The van der Waals surface area contributed by atoms with Gasteiger partial charge in [0.1, 0.15) is 11.5 Å². The SMILES string of the molecule is CCOC(=O)C1=NC2=C(C(=N)N(c3ccccc3)N1)C(c1ccccc1)c1ccc(O)cc1O2. The van der Waals surface area contributed by atoms with E-state index in [1.807, 2.05) is 60.7 Å². The van der Waals surface area contributed by atoms with Crippen LogP contribution < -0.4 is 15.2 Å². The molecule has 2 heterocycles. The quantitative estimate of drug-likeness (QED) is 0.513. The molecule has 34 heavy (non-hydrogen) atoms. The number of para-hydroxylation sites is 1. The lowest BCUT2D eigenvalue weighted by atomic mass is 9.82. The molecule has 0 saturated carbocycles. The van der Waals surface area contributed by atoms with Gasteiger partial charge < -0.3 is 14.6 Å². The maximum Gasteiger partial charge on any atom is 0.375 e. The van der Waals surface area contributed by atoms with E-state index in [0.717, 1.165) is 11.1 Å². The number of carbonyl (C=O) groups excluding carboxylic acids is 1. The van der Waals surface area contributed by atoms with E-state index in [0.29, 0.717) is 17.0 Å². The highest BCUT2D eigenvalue weighted by Gasteiger charge is 2.39. The van der Waals surface area contributed by atoms with Crippen LogP contribution in [0.5, 0.6) is 11.5 Å². The molecule has 0 amide bonds. The number of aromatic hydroxyl groups is 1. The number of amidine groups is 2. The molecular weight excluding hydrogens is 432 g/mol. The van der Waals surface area contributed by atoms with Gasteiger partial charge in [-0.05, 0) is 30.7 Å². The Morgan fingerprint density at radius 3 is 2.53 bits per heavy atom. The van der Waals surface area contributed by atoms with Gasteiger partial charge in [0.2, 0.25) is 11.7 Å². The number of phenols is 1. The fourth-order valence-corrected chi connectivity index (χ4v) is 4.07. The first-order chi connectivity index (χ1) is 16.6. The summed E-state index contributed by atoms with van der Waals surface area (Å²) in [5.41, 5.74) is 5.75. The van der Waals surface area contributed by atoms with Crippen LogP contribution in [-0.4, -0.2) is 29.4 Å². The van der Waals surface area contributed by atoms with E-state index in [-0.39, 0.29) is 29.9 Å². The Hall–Kier alpha value is -4.59. The molecular formula is C26H22N4O4. The van der Waals surface area contributed by atoms with Crippen LogP contribution in [0, 0.1) is 5.41 Å². The normalized spacial score (nSPS) is 17.0. The first-order valence-corrected chi connectivity index (χ1v) is 10.8. The third kappa shape index (κ3) is 3.75. The van der Waals surface area contributed by atoms with Crippen LogP contribution in [0.2, 0.25) is 0 Å². The lowest BCUT2D eigenvalue weighted by Gasteiger charge is -2.32. The number of fused-ring (bicyclic) bond motifs is 1. The zero-order valence-corrected chi connectivity index (χ0v) is 18.4. The van der Waals surface area contributed by atoms with Gasteiger partial charge in [-0.1, -0.05) is 54.6 Å². The fourth-order valence-electron chi connectivity index (χ4n) is 4.07. The molecule has 170 valence electrons. The number of rotatable bonds is 4. The van der Waals surface area contributed by atoms with Gasteiger partial charge in [0.25, 0.3) is 0 Å². The number of hydrogen-bond acceptors (Lipinski definition) is 7. The van der Waals surface area contributed by atoms with Crippen LogP contribution in [-0.2, 0) is 9.53 Å². The van der Waals surface area contributed by atoms with Gasteiger partial charge in [-0.3, -0.25) is 10.8 Å². The van der Waals surface area contributed by atoms with Gasteiger partial charge >= 0.3 is 5.97 Å². The van der Waals surface area contributed by atoms with Crippen molar-refractivity contribution < 1.29 is 19.4 Å². The minimum Gasteiger partial charge on any atom is -0.508 e. The maximum atomic E-state index is 12.7. The zero-order chi connectivity index (χ0) is 23.7.